The number of hydrogen-bond acceptors (Lipinski definition) is 4. The molecule has 0 radical (unpaired) electrons. The molecule has 35 heavy (non-hydrogen) atoms. The Labute approximate surface area is 196 Å². The summed E-state index contributed by atoms with van der Waals surface area (Å²) in [7, 11) is 0. The summed E-state index contributed by atoms with van der Waals surface area (Å²) in [6.45, 7) is 0.269. The lowest BCUT2D eigenvalue weighted by atomic mass is 10.1. The van der Waals surface area contributed by atoms with Crippen LogP contribution in [0, 0.1) is 5.82 Å². The van der Waals surface area contributed by atoms with E-state index in [4.69, 9.17) is 5.73 Å². The fraction of sp³-hybridized carbons (Fsp3) is 0.261. The van der Waals surface area contributed by atoms with Crippen molar-refractivity contribution in [2.24, 2.45) is 5.73 Å². The summed E-state index contributed by atoms with van der Waals surface area (Å²) >= 11 is 0. The molecule has 1 atom stereocenters. The highest BCUT2D eigenvalue weighted by molar-refractivity contribution is 5.99. The minimum absolute atomic E-state index is 0.117. The highest BCUT2D eigenvalue weighted by Crippen LogP contribution is 2.30. The van der Waals surface area contributed by atoms with Crippen LogP contribution in [0.3, 0.4) is 0 Å². The molecule has 3 N–H and O–H groups in total. The SMILES string of the molecule is NC(=O)n1cc(CC(=O)N2CCC[C@H]2C(=O)Nc2cccc(OC(F)(F)F)c2F)c2ccccc21. The number of amides is 3. The van der Waals surface area contributed by atoms with Crippen LogP contribution in [-0.4, -0.2) is 46.3 Å². The first-order valence-corrected chi connectivity index (χ1v) is 10.6. The molecule has 0 spiro atoms. The minimum atomic E-state index is -5.10. The molecule has 4 rings (SSSR count). The Hall–Kier alpha value is -4.09. The number of nitrogens with zero attached hydrogens (tertiary/aromatic N) is 2. The maximum atomic E-state index is 14.4. The Balaban J connectivity index is 1.51. The smallest absolute Gasteiger partial charge is 0.403 e. The molecule has 1 saturated heterocycles. The largest absolute Gasteiger partial charge is 0.573 e. The molecule has 3 aromatic rings. The average molecular weight is 492 g/mol. The van der Waals surface area contributed by atoms with E-state index in [1.54, 1.807) is 24.3 Å². The molecule has 0 saturated carbocycles. The molecule has 0 unspecified atom stereocenters. The summed E-state index contributed by atoms with van der Waals surface area (Å²) < 4.78 is 56.7. The van der Waals surface area contributed by atoms with Gasteiger partial charge < -0.3 is 20.7 Å². The topological polar surface area (TPSA) is 107 Å². The van der Waals surface area contributed by atoms with Crippen LogP contribution in [0.25, 0.3) is 10.9 Å². The van der Waals surface area contributed by atoms with Crippen molar-refractivity contribution in [3.63, 3.8) is 0 Å². The summed E-state index contributed by atoms with van der Waals surface area (Å²) in [5.74, 6) is -3.60. The average Bonchev–Trinajstić information content (AvgIpc) is 3.41. The summed E-state index contributed by atoms with van der Waals surface area (Å²) in [6, 6.07) is 8.22. The highest BCUT2D eigenvalue weighted by atomic mass is 19.4. The van der Waals surface area contributed by atoms with E-state index >= 15 is 0 Å². The fourth-order valence-electron chi connectivity index (χ4n) is 4.20. The molecule has 0 aliphatic carbocycles. The Morgan fingerprint density at radius 3 is 2.57 bits per heavy atom. The molecule has 2 aromatic carbocycles. The predicted molar refractivity (Wildman–Crippen MR) is 117 cm³/mol. The number of halogens is 4. The lowest BCUT2D eigenvalue weighted by molar-refractivity contribution is -0.275. The highest BCUT2D eigenvalue weighted by Gasteiger charge is 2.36. The third kappa shape index (κ3) is 5.05. The van der Waals surface area contributed by atoms with E-state index in [2.05, 4.69) is 10.1 Å². The van der Waals surface area contributed by atoms with E-state index < -0.39 is 47.5 Å². The number of alkyl halides is 3. The van der Waals surface area contributed by atoms with Crippen LogP contribution in [0.4, 0.5) is 28.0 Å². The molecule has 8 nitrogen and oxygen atoms in total. The Kier molecular flexibility index (Phi) is 6.37. The van der Waals surface area contributed by atoms with Crippen LogP contribution in [0.2, 0.25) is 0 Å². The van der Waals surface area contributed by atoms with Crippen molar-refractivity contribution >= 4 is 34.4 Å². The lowest BCUT2D eigenvalue weighted by Gasteiger charge is -2.24. The van der Waals surface area contributed by atoms with E-state index in [1.165, 1.54) is 15.7 Å². The first-order chi connectivity index (χ1) is 16.5. The standard InChI is InChI=1S/C23H20F4N4O4/c24-20-15(6-3-9-18(20)35-23(25,26)27)29-21(33)17-8-4-10-30(17)19(32)11-13-12-31(22(28)34)16-7-2-1-5-14(13)16/h1-3,5-7,9,12,17H,4,8,10-11H2,(H2,28,34)(H,29,33)/t17-/m0/s1. The molecule has 3 amide bonds. The van der Waals surface area contributed by atoms with Gasteiger partial charge >= 0.3 is 12.4 Å². The number of carbonyl (C=O) groups is 3. The number of nitrogens with two attached hydrogens (primary N) is 1. The van der Waals surface area contributed by atoms with Crippen molar-refractivity contribution < 1.29 is 36.7 Å². The van der Waals surface area contributed by atoms with Gasteiger partial charge in [-0.15, -0.1) is 13.2 Å². The number of benzene rings is 2. The summed E-state index contributed by atoms with van der Waals surface area (Å²) in [5, 5.41) is 2.91. The molecular weight excluding hydrogens is 472 g/mol. The number of carbonyl (C=O) groups excluding carboxylic acids is 3. The van der Waals surface area contributed by atoms with Crippen LogP contribution in [-0.2, 0) is 16.0 Å². The third-order valence-electron chi connectivity index (χ3n) is 5.70. The molecule has 1 fully saturated rings. The number of fused-ring (bicyclic) bond motifs is 1. The minimum Gasteiger partial charge on any atom is -0.403 e. The van der Waals surface area contributed by atoms with Gasteiger partial charge in [0.25, 0.3) is 0 Å². The van der Waals surface area contributed by atoms with Crippen LogP contribution in [0.15, 0.2) is 48.7 Å². The number of primary amides is 1. The number of nitrogens with one attached hydrogen (secondary N) is 1. The molecular formula is C23H20F4N4O4. The van der Waals surface area contributed by atoms with E-state index in [0.29, 0.717) is 29.3 Å². The number of rotatable bonds is 5. The van der Waals surface area contributed by atoms with Crippen molar-refractivity contribution in [2.75, 3.05) is 11.9 Å². The summed E-state index contributed by atoms with van der Waals surface area (Å²) in [4.78, 5) is 39.0. The summed E-state index contributed by atoms with van der Waals surface area (Å²) in [6.07, 6.45) is -2.95. The fourth-order valence-corrected chi connectivity index (χ4v) is 4.20. The third-order valence-corrected chi connectivity index (χ3v) is 5.70. The predicted octanol–water partition coefficient (Wildman–Crippen LogP) is 3.78. The maximum Gasteiger partial charge on any atom is 0.573 e. The van der Waals surface area contributed by atoms with Gasteiger partial charge in [0.2, 0.25) is 11.8 Å². The molecule has 2 heterocycles. The summed E-state index contributed by atoms with van der Waals surface area (Å²) in [5.41, 5.74) is 5.99. The molecule has 0 bridgehead atoms. The maximum absolute atomic E-state index is 14.4. The van der Waals surface area contributed by atoms with Crippen molar-refractivity contribution in [1.82, 2.24) is 9.47 Å². The van der Waals surface area contributed by atoms with Gasteiger partial charge in [0.1, 0.15) is 6.04 Å². The molecule has 184 valence electrons. The first-order valence-electron chi connectivity index (χ1n) is 10.6. The van der Waals surface area contributed by atoms with E-state index in [0.717, 1.165) is 18.2 Å². The van der Waals surface area contributed by atoms with Gasteiger partial charge in [0.15, 0.2) is 11.6 Å². The molecule has 12 heteroatoms. The Morgan fingerprint density at radius 1 is 1.11 bits per heavy atom. The zero-order valence-corrected chi connectivity index (χ0v) is 18.1. The van der Waals surface area contributed by atoms with Gasteiger partial charge in [-0.25, -0.2) is 9.18 Å². The van der Waals surface area contributed by atoms with Gasteiger partial charge in [-0.2, -0.15) is 0 Å². The Bertz CT molecular complexity index is 1300. The van der Waals surface area contributed by atoms with Crippen LogP contribution in [0.1, 0.15) is 18.4 Å². The van der Waals surface area contributed by atoms with Crippen molar-refractivity contribution in [3.8, 4) is 5.75 Å². The Morgan fingerprint density at radius 2 is 1.86 bits per heavy atom. The number of hydrogen-bond donors (Lipinski definition) is 2. The lowest BCUT2D eigenvalue weighted by Crippen LogP contribution is -2.43. The zero-order valence-electron chi connectivity index (χ0n) is 18.1. The monoisotopic (exact) mass is 492 g/mol. The number of anilines is 1. The van der Waals surface area contributed by atoms with E-state index in [9.17, 15) is 31.9 Å². The van der Waals surface area contributed by atoms with Crippen molar-refractivity contribution in [3.05, 3.63) is 60.0 Å². The van der Waals surface area contributed by atoms with Gasteiger partial charge in [-0.1, -0.05) is 24.3 Å². The second-order valence-electron chi connectivity index (χ2n) is 7.96. The van der Waals surface area contributed by atoms with Gasteiger partial charge in [-0.05, 0) is 36.6 Å². The van der Waals surface area contributed by atoms with Crippen LogP contribution in [0.5, 0.6) is 5.75 Å². The molecule has 1 aliphatic heterocycles. The molecule has 1 aliphatic rings. The van der Waals surface area contributed by atoms with E-state index in [-0.39, 0.29) is 13.0 Å². The quantitative estimate of drug-likeness (QED) is 0.529. The van der Waals surface area contributed by atoms with E-state index in [1.807, 2.05) is 0 Å². The second kappa shape index (κ2) is 9.28. The van der Waals surface area contributed by atoms with Gasteiger partial charge in [0.05, 0.1) is 17.6 Å². The second-order valence-corrected chi connectivity index (χ2v) is 7.96. The number of likely N-dealkylation sites (tertiary alicyclic amines) is 1. The molecule has 1 aromatic heterocycles. The normalized spacial score (nSPS) is 15.9. The number of aromatic nitrogens is 1. The van der Waals surface area contributed by atoms with Crippen molar-refractivity contribution in [2.45, 2.75) is 31.7 Å². The van der Waals surface area contributed by atoms with Crippen LogP contribution < -0.4 is 15.8 Å². The van der Waals surface area contributed by atoms with Crippen molar-refractivity contribution in [1.29, 1.82) is 0 Å². The first kappa shape index (κ1) is 24.0. The van der Waals surface area contributed by atoms with Gasteiger partial charge in [-0.3, -0.25) is 14.2 Å². The number of ether oxygens (including phenoxy) is 1. The van der Waals surface area contributed by atoms with Crippen LogP contribution >= 0.6 is 0 Å². The van der Waals surface area contributed by atoms with Gasteiger partial charge in [0, 0.05) is 18.1 Å². The number of para-hydroxylation sites is 1. The zero-order chi connectivity index (χ0) is 25.3.